The fraction of sp³-hybridized carbons (Fsp3) is 0.0417. The van der Waals surface area contributed by atoms with Crippen molar-refractivity contribution < 1.29 is 19.1 Å². The van der Waals surface area contributed by atoms with Crippen LogP contribution in [0, 0.1) is 0 Å². The summed E-state index contributed by atoms with van der Waals surface area (Å²) < 4.78 is 5.26. The van der Waals surface area contributed by atoms with Crippen molar-refractivity contribution in [3.8, 4) is 5.75 Å². The summed E-state index contributed by atoms with van der Waals surface area (Å²) in [6.07, 6.45) is 0. The molecule has 0 radical (unpaired) electrons. The average Bonchev–Trinajstić information content (AvgIpc) is 3.04. The van der Waals surface area contributed by atoms with E-state index in [2.05, 4.69) is 10.6 Å². The second-order valence-electron chi connectivity index (χ2n) is 7.09. The van der Waals surface area contributed by atoms with Crippen LogP contribution >= 0.6 is 34.8 Å². The summed E-state index contributed by atoms with van der Waals surface area (Å²) in [5, 5.41) is 6.01. The van der Waals surface area contributed by atoms with E-state index in [1.54, 1.807) is 54.6 Å². The number of nitrogens with one attached hydrogen (secondary N) is 2. The van der Waals surface area contributed by atoms with Crippen molar-refractivity contribution >= 4 is 69.6 Å². The zero-order valence-electron chi connectivity index (χ0n) is 17.6. The number of rotatable bonds is 6. The standard InChI is InChI=1S/C24H16Cl3N3O4/c1-34-19-8-3-2-7-18(19)30-23(32)20(27)21(24(30)33)28-15-6-4-5-13(11-15)22(31)29-17-10-9-14(25)12-16(17)26/h2-12,28H,1H3,(H,29,31). The first-order valence-electron chi connectivity index (χ1n) is 9.85. The predicted molar refractivity (Wildman–Crippen MR) is 133 cm³/mol. The van der Waals surface area contributed by atoms with Crippen molar-refractivity contribution in [2.24, 2.45) is 0 Å². The minimum Gasteiger partial charge on any atom is -0.495 e. The lowest BCUT2D eigenvalue weighted by atomic mass is 10.1. The molecule has 0 saturated heterocycles. The molecule has 0 saturated carbocycles. The highest BCUT2D eigenvalue weighted by Gasteiger charge is 2.40. The fourth-order valence-electron chi connectivity index (χ4n) is 3.31. The lowest BCUT2D eigenvalue weighted by Crippen LogP contribution is -2.32. The second-order valence-corrected chi connectivity index (χ2v) is 8.31. The number of carbonyl (C=O) groups excluding carboxylic acids is 3. The quantitative estimate of drug-likeness (QED) is 0.411. The van der Waals surface area contributed by atoms with Crippen molar-refractivity contribution in [2.45, 2.75) is 0 Å². The first-order chi connectivity index (χ1) is 16.3. The van der Waals surface area contributed by atoms with Gasteiger partial charge in [0.25, 0.3) is 17.7 Å². The Morgan fingerprint density at radius 3 is 2.41 bits per heavy atom. The molecule has 10 heteroatoms. The van der Waals surface area contributed by atoms with Crippen molar-refractivity contribution in [2.75, 3.05) is 22.6 Å². The Morgan fingerprint density at radius 2 is 1.68 bits per heavy atom. The largest absolute Gasteiger partial charge is 0.495 e. The number of methoxy groups -OCH3 is 1. The Hall–Kier alpha value is -3.52. The molecular formula is C24H16Cl3N3O4. The van der Waals surface area contributed by atoms with Crippen molar-refractivity contribution in [3.63, 3.8) is 0 Å². The number of ether oxygens (including phenoxy) is 1. The molecule has 172 valence electrons. The van der Waals surface area contributed by atoms with E-state index in [-0.39, 0.29) is 22.0 Å². The molecule has 0 unspecified atom stereocenters. The molecule has 0 atom stereocenters. The minimum atomic E-state index is -0.690. The summed E-state index contributed by atoms with van der Waals surface area (Å²) >= 11 is 18.2. The molecule has 1 aliphatic heterocycles. The van der Waals surface area contributed by atoms with Crippen LogP contribution in [0.5, 0.6) is 5.75 Å². The van der Waals surface area contributed by atoms with Gasteiger partial charge < -0.3 is 15.4 Å². The van der Waals surface area contributed by atoms with E-state index in [1.807, 2.05) is 0 Å². The van der Waals surface area contributed by atoms with Gasteiger partial charge in [-0.15, -0.1) is 0 Å². The Morgan fingerprint density at radius 1 is 0.912 bits per heavy atom. The van der Waals surface area contributed by atoms with Crippen molar-refractivity contribution in [1.29, 1.82) is 0 Å². The molecule has 1 heterocycles. The minimum absolute atomic E-state index is 0.115. The van der Waals surface area contributed by atoms with Gasteiger partial charge in [0.2, 0.25) is 0 Å². The second kappa shape index (κ2) is 9.77. The number of benzene rings is 3. The molecule has 1 aliphatic rings. The smallest absolute Gasteiger partial charge is 0.283 e. The SMILES string of the molecule is COc1ccccc1N1C(=O)C(Cl)=C(Nc2cccc(C(=O)Nc3ccc(Cl)cc3Cl)c2)C1=O. The zero-order valence-corrected chi connectivity index (χ0v) is 19.8. The van der Waals surface area contributed by atoms with Gasteiger partial charge in [0, 0.05) is 16.3 Å². The normalized spacial score (nSPS) is 13.4. The average molecular weight is 517 g/mol. The highest BCUT2D eigenvalue weighted by molar-refractivity contribution is 6.53. The first kappa shape index (κ1) is 23.6. The van der Waals surface area contributed by atoms with Crippen molar-refractivity contribution in [1.82, 2.24) is 0 Å². The predicted octanol–water partition coefficient (Wildman–Crippen LogP) is 5.69. The number of anilines is 3. The molecule has 2 N–H and O–H groups in total. The highest BCUT2D eigenvalue weighted by Crippen LogP contribution is 2.35. The van der Waals surface area contributed by atoms with Crippen LogP contribution in [0.25, 0.3) is 0 Å². The van der Waals surface area contributed by atoms with Crippen LogP contribution in [0.4, 0.5) is 17.1 Å². The third-order valence-electron chi connectivity index (χ3n) is 4.93. The molecule has 0 spiro atoms. The molecule has 3 aromatic carbocycles. The summed E-state index contributed by atoms with van der Waals surface area (Å²) in [5.41, 5.74) is 1.21. The van der Waals surface area contributed by atoms with Crippen molar-refractivity contribution in [3.05, 3.63) is 93.1 Å². The van der Waals surface area contributed by atoms with Gasteiger partial charge in [0.05, 0.1) is 23.5 Å². The van der Waals surface area contributed by atoms with Gasteiger partial charge in [-0.1, -0.05) is 53.0 Å². The van der Waals surface area contributed by atoms with E-state index in [0.717, 1.165) is 4.90 Å². The Labute approximate surface area is 209 Å². The van der Waals surface area contributed by atoms with Crippen LogP contribution < -0.4 is 20.3 Å². The molecule has 34 heavy (non-hydrogen) atoms. The van der Waals surface area contributed by atoms with Crippen LogP contribution in [0.3, 0.4) is 0 Å². The molecule has 4 rings (SSSR count). The molecular weight excluding hydrogens is 501 g/mol. The number of imide groups is 1. The van der Waals surface area contributed by atoms with E-state index in [9.17, 15) is 14.4 Å². The fourth-order valence-corrected chi connectivity index (χ4v) is 3.98. The summed E-state index contributed by atoms with van der Waals surface area (Å²) in [5.74, 6) is -1.43. The summed E-state index contributed by atoms with van der Waals surface area (Å²) in [7, 11) is 1.44. The summed E-state index contributed by atoms with van der Waals surface area (Å²) in [6.45, 7) is 0. The number of para-hydroxylation sites is 2. The van der Waals surface area contributed by atoms with E-state index in [0.29, 0.717) is 27.2 Å². The molecule has 0 bridgehead atoms. The maximum Gasteiger partial charge on any atom is 0.283 e. The molecule has 0 fully saturated rings. The number of nitrogens with zero attached hydrogens (tertiary/aromatic N) is 1. The molecule has 3 aromatic rings. The Kier molecular flexibility index (Phi) is 6.79. The van der Waals surface area contributed by atoms with Gasteiger partial charge >= 0.3 is 0 Å². The van der Waals surface area contributed by atoms with Gasteiger partial charge in [-0.3, -0.25) is 14.4 Å². The topological polar surface area (TPSA) is 87.7 Å². The number of halogens is 3. The Bertz CT molecular complexity index is 1360. The first-order valence-corrected chi connectivity index (χ1v) is 11.0. The van der Waals surface area contributed by atoms with Gasteiger partial charge in [-0.2, -0.15) is 0 Å². The van der Waals surface area contributed by atoms with Crippen LogP contribution in [-0.2, 0) is 9.59 Å². The molecule has 3 amide bonds. The number of carbonyl (C=O) groups is 3. The van der Waals surface area contributed by atoms with E-state index in [1.165, 1.54) is 19.2 Å². The van der Waals surface area contributed by atoms with Gasteiger partial charge in [-0.05, 0) is 48.5 Å². The van der Waals surface area contributed by atoms with Crippen LogP contribution in [-0.4, -0.2) is 24.8 Å². The third-order valence-corrected chi connectivity index (χ3v) is 5.83. The molecule has 0 aromatic heterocycles. The van der Waals surface area contributed by atoms with Gasteiger partial charge in [0.15, 0.2) is 0 Å². The highest BCUT2D eigenvalue weighted by atomic mass is 35.5. The van der Waals surface area contributed by atoms with E-state index < -0.39 is 17.7 Å². The van der Waals surface area contributed by atoms with E-state index >= 15 is 0 Å². The zero-order chi connectivity index (χ0) is 24.4. The molecule has 0 aliphatic carbocycles. The summed E-state index contributed by atoms with van der Waals surface area (Å²) in [4.78, 5) is 39.5. The van der Waals surface area contributed by atoms with Crippen LogP contribution in [0.15, 0.2) is 77.5 Å². The lowest BCUT2D eigenvalue weighted by molar-refractivity contribution is -0.120. The maximum absolute atomic E-state index is 13.1. The monoisotopic (exact) mass is 515 g/mol. The Balaban J connectivity index is 1.56. The third kappa shape index (κ3) is 4.59. The van der Waals surface area contributed by atoms with E-state index in [4.69, 9.17) is 39.5 Å². The lowest BCUT2D eigenvalue weighted by Gasteiger charge is -2.18. The number of hydrogen-bond acceptors (Lipinski definition) is 5. The number of amides is 3. The van der Waals surface area contributed by atoms with Gasteiger partial charge in [-0.25, -0.2) is 4.90 Å². The van der Waals surface area contributed by atoms with Crippen LogP contribution in [0.1, 0.15) is 10.4 Å². The number of hydrogen-bond donors (Lipinski definition) is 2. The maximum atomic E-state index is 13.1. The molecule has 7 nitrogen and oxygen atoms in total. The van der Waals surface area contributed by atoms with Gasteiger partial charge in [0.1, 0.15) is 16.5 Å². The van der Waals surface area contributed by atoms with Crippen LogP contribution in [0.2, 0.25) is 10.0 Å². The summed E-state index contributed by atoms with van der Waals surface area (Å²) in [6, 6.07) is 17.7.